The molecule has 3 heteroatoms. The van der Waals surface area contributed by atoms with Crippen molar-refractivity contribution in [2.24, 2.45) is 5.41 Å². The van der Waals surface area contributed by atoms with E-state index in [0.717, 1.165) is 45.3 Å². The van der Waals surface area contributed by atoms with Crippen LogP contribution < -0.4 is 10.6 Å². The van der Waals surface area contributed by atoms with E-state index >= 15 is 0 Å². The van der Waals surface area contributed by atoms with Crippen molar-refractivity contribution >= 4 is 5.91 Å². The Labute approximate surface area is 86.6 Å². The Morgan fingerprint density at radius 2 is 2.29 bits per heavy atom. The molecular weight excluding hydrogens is 176 g/mol. The summed E-state index contributed by atoms with van der Waals surface area (Å²) in [6.07, 6.45) is 4.15. The lowest BCUT2D eigenvalue weighted by atomic mass is 9.83. The van der Waals surface area contributed by atoms with Crippen LogP contribution in [0.2, 0.25) is 0 Å². The molecule has 14 heavy (non-hydrogen) atoms. The summed E-state index contributed by atoms with van der Waals surface area (Å²) in [5.74, 6) is 0.249. The normalized spacial score (nSPS) is 26.4. The first-order valence-corrected chi connectivity index (χ1v) is 5.74. The zero-order valence-electron chi connectivity index (χ0n) is 9.36. The topological polar surface area (TPSA) is 41.1 Å². The van der Waals surface area contributed by atoms with E-state index in [9.17, 15) is 4.79 Å². The number of rotatable bonds is 5. The lowest BCUT2D eigenvalue weighted by molar-refractivity contribution is -0.130. The average molecular weight is 198 g/mol. The van der Waals surface area contributed by atoms with Crippen molar-refractivity contribution < 1.29 is 4.79 Å². The first-order chi connectivity index (χ1) is 6.75. The van der Waals surface area contributed by atoms with E-state index in [4.69, 9.17) is 0 Å². The van der Waals surface area contributed by atoms with Crippen LogP contribution in [-0.2, 0) is 4.79 Å². The molecule has 1 heterocycles. The fourth-order valence-electron chi connectivity index (χ4n) is 1.97. The van der Waals surface area contributed by atoms with Crippen molar-refractivity contribution in [3.63, 3.8) is 0 Å². The van der Waals surface area contributed by atoms with Crippen LogP contribution in [0, 0.1) is 5.41 Å². The Hall–Kier alpha value is -0.570. The van der Waals surface area contributed by atoms with Crippen molar-refractivity contribution in [3.8, 4) is 0 Å². The summed E-state index contributed by atoms with van der Waals surface area (Å²) < 4.78 is 0. The predicted molar refractivity (Wildman–Crippen MR) is 58.1 cm³/mol. The molecule has 1 fully saturated rings. The molecule has 1 aliphatic heterocycles. The summed E-state index contributed by atoms with van der Waals surface area (Å²) in [5, 5.41) is 6.31. The molecule has 82 valence electrons. The maximum Gasteiger partial charge on any atom is 0.227 e. The summed E-state index contributed by atoms with van der Waals surface area (Å²) >= 11 is 0. The Bertz CT molecular complexity index is 186. The van der Waals surface area contributed by atoms with E-state index < -0.39 is 0 Å². The highest BCUT2D eigenvalue weighted by molar-refractivity contribution is 5.83. The van der Waals surface area contributed by atoms with Crippen molar-refractivity contribution in [3.05, 3.63) is 0 Å². The van der Waals surface area contributed by atoms with Crippen LogP contribution in [0.5, 0.6) is 0 Å². The van der Waals surface area contributed by atoms with Crippen LogP contribution >= 0.6 is 0 Å². The monoisotopic (exact) mass is 198 g/mol. The highest BCUT2D eigenvalue weighted by Gasteiger charge is 2.38. The van der Waals surface area contributed by atoms with E-state index in [1.807, 2.05) is 0 Å². The van der Waals surface area contributed by atoms with Crippen LogP contribution in [0.3, 0.4) is 0 Å². The third kappa shape index (κ3) is 2.47. The first-order valence-electron chi connectivity index (χ1n) is 5.74. The molecule has 0 aromatic rings. The zero-order chi connectivity index (χ0) is 10.4. The van der Waals surface area contributed by atoms with Crippen LogP contribution in [0.25, 0.3) is 0 Å². The highest BCUT2D eigenvalue weighted by Crippen LogP contribution is 2.29. The second-order valence-electron chi connectivity index (χ2n) is 4.17. The van der Waals surface area contributed by atoms with E-state index in [1.54, 1.807) is 0 Å². The molecule has 1 saturated heterocycles. The number of amides is 1. The molecule has 1 aliphatic rings. The molecule has 3 nitrogen and oxygen atoms in total. The number of unbranched alkanes of at least 4 members (excludes halogenated alkanes) is 1. The second kappa shape index (κ2) is 5.35. The third-order valence-corrected chi connectivity index (χ3v) is 3.22. The first kappa shape index (κ1) is 11.5. The van der Waals surface area contributed by atoms with Gasteiger partial charge in [0.15, 0.2) is 0 Å². The molecule has 0 aromatic heterocycles. The quantitative estimate of drug-likeness (QED) is 0.654. The minimum atomic E-state index is -0.117. The van der Waals surface area contributed by atoms with Crippen molar-refractivity contribution in [2.45, 2.75) is 39.5 Å². The summed E-state index contributed by atoms with van der Waals surface area (Å²) in [6, 6.07) is 0. The smallest absolute Gasteiger partial charge is 0.227 e. The van der Waals surface area contributed by atoms with E-state index in [1.165, 1.54) is 0 Å². The van der Waals surface area contributed by atoms with Gasteiger partial charge in [0.05, 0.1) is 5.41 Å². The van der Waals surface area contributed by atoms with Crippen molar-refractivity contribution in [2.75, 3.05) is 19.6 Å². The SMILES string of the molecule is CCCCNC(=O)C1(CC)CCNC1. The number of carbonyl (C=O) groups is 1. The summed E-state index contributed by atoms with van der Waals surface area (Å²) in [7, 11) is 0. The van der Waals surface area contributed by atoms with Crippen molar-refractivity contribution in [1.29, 1.82) is 0 Å². The van der Waals surface area contributed by atoms with E-state index in [0.29, 0.717) is 0 Å². The van der Waals surface area contributed by atoms with Gasteiger partial charge in [-0.1, -0.05) is 20.3 Å². The van der Waals surface area contributed by atoms with Gasteiger partial charge in [0.2, 0.25) is 5.91 Å². The molecular formula is C11H22N2O. The largest absolute Gasteiger partial charge is 0.356 e. The summed E-state index contributed by atoms with van der Waals surface area (Å²) in [4.78, 5) is 11.9. The second-order valence-corrected chi connectivity index (χ2v) is 4.17. The molecule has 0 bridgehead atoms. The Morgan fingerprint density at radius 3 is 2.79 bits per heavy atom. The Balaban J connectivity index is 2.40. The minimum Gasteiger partial charge on any atom is -0.356 e. The summed E-state index contributed by atoms with van der Waals surface area (Å²) in [6.45, 7) is 6.90. The Kier molecular flexibility index (Phi) is 4.39. The maximum atomic E-state index is 11.9. The van der Waals surface area contributed by atoms with Crippen LogP contribution in [0.15, 0.2) is 0 Å². The van der Waals surface area contributed by atoms with Crippen molar-refractivity contribution in [1.82, 2.24) is 10.6 Å². The lowest BCUT2D eigenvalue weighted by Gasteiger charge is -2.25. The fraction of sp³-hybridized carbons (Fsp3) is 0.909. The molecule has 0 saturated carbocycles. The molecule has 0 radical (unpaired) electrons. The van der Waals surface area contributed by atoms with E-state index in [2.05, 4.69) is 24.5 Å². The minimum absolute atomic E-state index is 0.117. The van der Waals surface area contributed by atoms with E-state index in [-0.39, 0.29) is 11.3 Å². The molecule has 1 unspecified atom stereocenters. The molecule has 0 spiro atoms. The lowest BCUT2D eigenvalue weighted by Crippen LogP contribution is -2.42. The van der Waals surface area contributed by atoms with Gasteiger partial charge in [0.1, 0.15) is 0 Å². The molecule has 0 aliphatic carbocycles. The number of nitrogens with one attached hydrogen (secondary N) is 2. The summed E-state index contributed by atoms with van der Waals surface area (Å²) in [5.41, 5.74) is -0.117. The fourth-order valence-corrected chi connectivity index (χ4v) is 1.97. The van der Waals surface area contributed by atoms with Crippen LogP contribution in [0.4, 0.5) is 0 Å². The molecule has 2 N–H and O–H groups in total. The van der Waals surface area contributed by atoms with Gasteiger partial charge in [-0.25, -0.2) is 0 Å². The third-order valence-electron chi connectivity index (χ3n) is 3.22. The van der Waals surface area contributed by atoms with Gasteiger partial charge in [-0.3, -0.25) is 4.79 Å². The van der Waals surface area contributed by atoms with Gasteiger partial charge in [0, 0.05) is 13.1 Å². The standard InChI is InChI=1S/C11H22N2O/c1-3-5-7-13-10(14)11(4-2)6-8-12-9-11/h12H,3-9H2,1-2H3,(H,13,14). The molecule has 1 amide bonds. The average Bonchev–Trinajstić information content (AvgIpc) is 2.67. The number of hydrogen-bond acceptors (Lipinski definition) is 2. The maximum absolute atomic E-state index is 11.9. The van der Waals surface area contributed by atoms with Gasteiger partial charge in [-0.2, -0.15) is 0 Å². The van der Waals surface area contributed by atoms with Crippen LogP contribution in [-0.4, -0.2) is 25.5 Å². The zero-order valence-corrected chi connectivity index (χ0v) is 9.36. The predicted octanol–water partition coefficient (Wildman–Crippen LogP) is 1.29. The molecule has 1 atom stereocenters. The van der Waals surface area contributed by atoms with Gasteiger partial charge in [0.25, 0.3) is 0 Å². The van der Waals surface area contributed by atoms with Gasteiger partial charge >= 0.3 is 0 Å². The molecule has 1 rings (SSSR count). The number of hydrogen-bond donors (Lipinski definition) is 2. The van der Waals surface area contributed by atoms with Gasteiger partial charge in [-0.15, -0.1) is 0 Å². The van der Waals surface area contributed by atoms with Gasteiger partial charge in [-0.05, 0) is 25.8 Å². The van der Waals surface area contributed by atoms with Crippen LogP contribution in [0.1, 0.15) is 39.5 Å². The van der Waals surface area contributed by atoms with Gasteiger partial charge < -0.3 is 10.6 Å². The number of carbonyl (C=O) groups excluding carboxylic acids is 1. The molecule has 0 aromatic carbocycles. The highest BCUT2D eigenvalue weighted by atomic mass is 16.2. The Morgan fingerprint density at radius 1 is 1.50 bits per heavy atom.